The topological polar surface area (TPSA) is 113 Å². The number of nitrogens with one attached hydrogen (secondary N) is 3. The van der Waals surface area contributed by atoms with Gasteiger partial charge in [0.05, 0.1) is 5.25 Å². The Kier molecular flexibility index (Phi) is 9.76. The highest BCUT2D eigenvalue weighted by Gasteiger charge is 2.18. The van der Waals surface area contributed by atoms with Gasteiger partial charge < -0.3 is 20.5 Å². The van der Waals surface area contributed by atoms with Crippen molar-refractivity contribution in [3.05, 3.63) is 113 Å². The Bertz CT molecular complexity index is 1550. The summed E-state index contributed by atoms with van der Waals surface area (Å²) in [6.45, 7) is 7.75. The van der Waals surface area contributed by atoms with Crippen LogP contribution >= 0.6 is 11.8 Å². The van der Waals surface area contributed by atoms with E-state index < -0.39 is 17.1 Å². The van der Waals surface area contributed by atoms with E-state index in [-0.39, 0.29) is 11.6 Å². The van der Waals surface area contributed by atoms with Crippen molar-refractivity contribution in [1.82, 2.24) is 10.5 Å². The molecule has 3 amide bonds. The van der Waals surface area contributed by atoms with E-state index in [9.17, 15) is 14.4 Å². The first kappa shape index (κ1) is 29.4. The van der Waals surface area contributed by atoms with Crippen LogP contribution in [0.3, 0.4) is 0 Å². The van der Waals surface area contributed by atoms with Gasteiger partial charge in [-0.15, -0.1) is 11.8 Å². The zero-order chi connectivity index (χ0) is 29.4. The lowest BCUT2D eigenvalue weighted by molar-refractivity contribution is -0.115. The summed E-state index contributed by atoms with van der Waals surface area (Å²) in [7, 11) is 0. The molecule has 4 rings (SSSR count). The van der Waals surface area contributed by atoms with Gasteiger partial charge in [0.15, 0.2) is 5.82 Å². The third-order valence-electron chi connectivity index (χ3n) is 6.10. The summed E-state index contributed by atoms with van der Waals surface area (Å²) < 4.78 is 4.99. The Morgan fingerprint density at radius 1 is 0.878 bits per heavy atom. The SMILES string of the molecule is Cc1cc(NC(=O)C(C)Sc2cccc(NC(=O)/C(=C\c3ccc(C(C)C)cc3)NC(=O)c3ccccc3)c2)no1. The summed E-state index contributed by atoms with van der Waals surface area (Å²) in [5, 5.41) is 11.7. The summed E-state index contributed by atoms with van der Waals surface area (Å²) in [6.07, 6.45) is 1.65. The molecular weight excluding hydrogens is 536 g/mol. The van der Waals surface area contributed by atoms with Gasteiger partial charge in [0.25, 0.3) is 11.8 Å². The maximum Gasteiger partial charge on any atom is 0.272 e. The molecule has 4 aromatic rings. The van der Waals surface area contributed by atoms with E-state index in [1.165, 1.54) is 17.3 Å². The number of carbonyl (C=O) groups is 3. The Hall–Kier alpha value is -4.63. The van der Waals surface area contributed by atoms with E-state index in [0.717, 1.165) is 10.5 Å². The van der Waals surface area contributed by atoms with Crippen molar-refractivity contribution < 1.29 is 18.9 Å². The molecular formula is C32H32N4O4S. The molecule has 0 aliphatic rings. The molecule has 0 spiro atoms. The van der Waals surface area contributed by atoms with Crippen LogP contribution in [-0.2, 0) is 9.59 Å². The molecule has 1 aromatic heterocycles. The minimum atomic E-state index is -0.475. The van der Waals surface area contributed by atoms with Crippen molar-refractivity contribution in [2.24, 2.45) is 0 Å². The second-order valence-electron chi connectivity index (χ2n) is 9.75. The van der Waals surface area contributed by atoms with Crippen LogP contribution in [0.5, 0.6) is 0 Å². The first-order chi connectivity index (χ1) is 19.7. The minimum absolute atomic E-state index is 0.102. The molecule has 41 heavy (non-hydrogen) atoms. The van der Waals surface area contributed by atoms with Crippen molar-refractivity contribution in [3.8, 4) is 0 Å². The quantitative estimate of drug-likeness (QED) is 0.146. The highest BCUT2D eigenvalue weighted by atomic mass is 32.2. The number of rotatable bonds is 10. The van der Waals surface area contributed by atoms with Crippen LogP contribution in [0.2, 0.25) is 0 Å². The molecule has 3 aromatic carbocycles. The minimum Gasteiger partial charge on any atom is -0.360 e. The van der Waals surface area contributed by atoms with Crippen LogP contribution in [0, 0.1) is 6.92 Å². The number of thioether (sulfide) groups is 1. The zero-order valence-electron chi connectivity index (χ0n) is 23.3. The monoisotopic (exact) mass is 568 g/mol. The van der Waals surface area contributed by atoms with Crippen molar-refractivity contribution >= 4 is 47.1 Å². The molecule has 210 valence electrons. The molecule has 1 heterocycles. The van der Waals surface area contributed by atoms with Gasteiger partial charge in [0.1, 0.15) is 11.5 Å². The predicted molar refractivity (Wildman–Crippen MR) is 163 cm³/mol. The molecule has 3 N–H and O–H groups in total. The lowest BCUT2D eigenvalue weighted by Crippen LogP contribution is -2.30. The van der Waals surface area contributed by atoms with E-state index in [1.54, 1.807) is 68.5 Å². The van der Waals surface area contributed by atoms with Crippen molar-refractivity contribution in [3.63, 3.8) is 0 Å². The lowest BCUT2D eigenvalue weighted by Gasteiger charge is -2.14. The molecule has 0 fully saturated rings. The van der Waals surface area contributed by atoms with E-state index in [0.29, 0.717) is 28.7 Å². The maximum absolute atomic E-state index is 13.4. The second kappa shape index (κ2) is 13.6. The average molecular weight is 569 g/mol. The van der Waals surface area contributed by atoms with Crippen molar-refractivity contribution in [2.45, 2.75) is 43.8 Å². The van der Waals surface area contributed by atoms with Crippen LogP contribution in [0.15, 0.2) is 100 Å². The zero-order valence-corrected chi connectivity index (χ0v) is 24.1. The number of nitrogens with zero attached hydrogens (tertiary/aromatic N) is 1. The Morgan fingerprint density at radius 2 is 1.61 bits per heavy atom. The van der Waals surface area contributed by atoms with Gasteiger partial charge in [0.2, 0.25) is 5.91 Å². The van der Waals surface area contributed by atoms with E-state index >= 15 is 0 Å². The van der Waals surface area contributed by atoms with Gasteiger partial charge in [-0.1, -0.05) is 67.5 Å². The number of amides is 3. The lowest BCUT2D eigenvalue weighted by atomic mass is 10.0. The third kappa shape index (κ3) is 8.43. The standard InChI is InChI=1S/C32H32N4O4S/c1-20(2)24-15-13-23(14-16-24)18-28(34-31(38)25-9-6-5-7-10-25)32(39)33-26-11-8-12-27(19-26)41-22(4)30(37)35-29-17-21(3)40-36-29/h5-20,22H,1-4H3,(H,33,39)(H,34,38)(H,35,36,37)/b28-18+. The van der Waals surface area contributed by atoms with Gasteiger partial charge in [-0.25, -0.2) is 0 Å². The fourth-order valence-electron chi connectivity index (χ4n) is 3.84. The fourth-order valence-corrected chi connectivity index (χ4v) is 4.77. The second-order valence-corrected chi connectivity index (χ2v) is 11.2. The summed E-state index contributed by atoms with van der Waals surface area (Å²) in [5.74, 6) is 0.240. The molecule has 1 unspecified atom stereocenters. The molecule has 9 heteroatoms. The normalized spacial score (nSPS) is 12.1. The van der Waals surface area contributed by atoms with Crippen LogP contribution in [0.4, 0.5) is 11.5 Å². The molecule has 0 saturated heterocycles. The molecule has 1 atom stereocenters. The van der Waals surface area contributed by atoms with Crippen LogP contribution < -0.4 is 16.0 Å². The van der Waals surface area contributed by atoms with Crippen molar-refractivity contribution in [2.75, 3.05) is 10.6 Å². The maximum atomic E-state index is 13.4. The highest BCUT2D eigenvalue weighted by Crippen LogP contribution is 2.27. The van der Waals surface area contributed by atoms with Gasteiger partial charge in [-0.2, -0.15) is 0 Å². The Balaban J connectivity index is 1.49. The highest BCUT2D eigenvalue weighted by molar-refractivity contribution is 8.00. The Morgan fingerprint density at radius 3 is 2.27 bits per heavy atom. The molecule has 0 aliphatic carbocycles. The molecule has 0 bridgehead atoms. The third-order valence-corrected chi connectivity index (χ3v) is 7.19. The van der Waals surface area contributed by atoms with E-state index in [1.807, 2.05) is 36.4 Å². The number of aryl methyl sites for hydroxylation is 1. The van der Waals surface area contributed by atoms with Crippen LogP contribution in [-0.4, -0.2) is 28.1 Å². The number of carbonyl (C=O) groups excluding carboxylic acids is 3. The summed E-state index contributed by atoms with van der Waals surface area (Å²) >= 11 is 1.34. The van der Waals surface area contributed by atoms with Gasteiger partial charge in [-0.3, -0.25) is 14.4 Å². The number of hydrogen-bond donors (Lipinski definition) is 3. The molecule has 0 aliphatic heterocycles. The first-order valence-corrected chi connectivity index (χ1v) is 14.1. The van der Waals surface area contributed by atoms with E-state index in [2.05, 4.69) is 35.0 Å². The van der Waals surface area contributed by atoms with Gasteiger partial charge in [0, 0.05) is 22.2 Å². The number of benzene rings is 3. The summed E-state index contributed by atoms with van der Waals surface area (Å²) in [4.78, 5) is 39.7. The molecule has 0 radical (unpaired) electrons. The number of aromatic nitrogens is 1. The van der Waals surface area contributed by atoms with E-state index in [4.69, 9.17) is 4.52 Å². The van der Waals surface area contributed by atoms with Gasteiger partial charge >= 0.3 is 0 Å². The molecule has 0 saturated carbocycles. The average Bonchev–Trinajstić information content (AvgIpc) is 3.37. The van der Waals surface area contributed by atoms with Gasteiger partial charge in [-0.05, 0) is 67.3 Å². The van der Waals surface area contributed by atoms with Crippen LogP contribution in [0.25, 0.3) is 6.08 Å². The number of hydrogen-bond acceptors (Lipinski definition) is 6. The predicted octanol–water partition coefficient (Wildman–Crippen LogP) is 6.64. The Labute approximate surface area is 243 Å². The largest absolute Gasteiger partial charge is 0.360 e. The summed E-state index contributed by atoms with van der Waals surface area (Å²) in [6, 6.07) is 25.4. The van der Waals surface area contributed by atoms with Crippen LogP contribution in [0.1, 0.15) is 53.9 Å². The van der Waals surface area contributed by atoms with Crippen molar-refractivity contribution in [1.29, 1.82) is 0 Å². The number of anilines is 2. The summed E-state index contributed by atoms with van der Waals surface area (Å²) in [5.41, 5.74) is 3.02. The fraction of sp³-hybridized carbons (Fsp3) is 0.188. The first-order valence-electron chi connectivity index (χ1n) is 13.2. The smallest absolute Gasteiger partial charge is 0.272 e. The molecule has 8 nitrogen and oxygen atoms in total.